The van der Waals surface area contributed by atoms with Crippen LogP contribution in [0.25, 0.3) is 0 Å². The molecule has 1 unspecified atom stereocenters. The quantitative estimate of drug-likeness (QED) is 0.866. The van der Waals surface area contributed by atoms with Crippen LogP contribution in [0.15, 0.2) is 22.7 Å². The van der Waals surface area contributed by atoms with Gasteiger partial charge in [-0.3, -0.25) is 0 Å². The number of ether oxygens (including phenoxy) is 1. The largest absolute Gasteiger partial charge is 0.377 e. The van der Waals surface area contributed by atoms with Crippen molar-refractivity contribution in [3.05, 3.63) is 34.1 Å². The molecule has 0 aliphatic rings. The maximum atomic E-state index is 13.2. The van der Waals surface area contributed by atoms with Crippen LogP contribution in [0.1, 0.15) is 26.3 Å². The SMILES string of the molecule is CCNC(Cc1ccc(F)c(Br)c1)C(C)(C)OC. The zero-order valence-corrected chi connectivity index (χ0v) is 13.0. The van der Waals surface area contributed by atoms with Crippen molar-refractivity contribution in [1.82, 2.24) is 5.32 Å². The van der Waals surface area contributed by atoms with Gasteiger partial charge in [-0.15, -0.1) is 0 Å². The van der Waals surface area contributed by atoms with Crippen LogP contribution in [0.3, 0.4) is 0 Å². The summed E-state index contributed by atoms with van der Waals surface area (Å²) in [6, 6.07) is 5.31. The van der Waals surface area contributed by atoms with Crippen LogP contribution in [0, 0.1) is 5.82 Å². The van der Waals surface area contributed by atoms with E-state index < -0.39 is 0 Å². The molecule has 4 heteroatoms. The number of halogens is 2. The standard InChI is InChI=1S/C14H21BrFNO/c1-5-17-13(14(2,3)18-4)9-10-6-7-12(16)11(15)8-10/h6-8,13,17H,5,9H2,1-4H3. The van der Waals surface area contributed by atoms with E-state index in [2.05, 4.69) is 42.0 Å². The van der Waals surface area contributed by atoms with Gasteiger partial charge in [-0.1, -0.05) is 13.0 Å². The van der Waals surface area contributed by atoms with E-state index in [9.17, 15) is 4.39 Å². The summed E-state index contributed by atoms with van der Waals surface area (Å²) in [5, 5.41) is 3.42. The first-order valence-corrected chi connectivity index (χ1v) is 6.92. The fourth-order valence-electron chi connectivity index (χ4n) is 1.85. The molecular weight excluding hydrogens is 297 g/mol. The van der Waals surface area contributed by atoms with E-state index in [4.69, 9.17) is 4.74 Å². The highest BCUT2D eigenvalue weighted by Crippen LogP contribution is 2.22. The number of rotatable bonds is 6. The molecule has 0 aliphatic carbocycles. The molecule has 0 bridgehead atoms. The Morgan fingerprint density at radius 3 is 2.61 bits per heavy atom. The Balaban J connectivity index is 2.86. The lowest BCUT2D eigenvalue weighted by molar-refractivity contribution is -0.00960. The zero-order chi connectivity index (χ0) is 13.8. The molecule has 0 amide bonds. The van der Waals surface area contributed by atoms with Gasteiger partial charge in [-0.2, -0.15) is 0 Å². The molecule has 1 rings (SSSR count). The van der Waals surface area contributed by atoms with Crippen LogP contribution in [-0.4, -0.2) is 25.3 Å². The maximum absolute atomic E-state index is 13.2. The monoisotopic (exact) mass is 317 g/mol. The Morgan fingerprint density at radius 2 is 2.11 bits per heavy atom. The minimum Gasteiger partial charge on any atom is -0.377 e. The number of nitrogens with one attached hydrogen (secondary N) is 1. The molecular formula is C14H21BrFNO. The Hall–Kier alpha value is -0.450. The summed E-state index contributed by atoms with van der Waals surface area (Å²) >= 11 is 3.22. The zero-order valence-electron chi connectivity index (χ0n) is 11.4. The van der Waals surface area contributed by atoms with Crippen LogP contribution in [0.4, 0.5) is 4.39 Å². The van der Waals surface area contributed by atoms with Gasteiger partial charge >= 0.3 is 0 Å². The average Bonchev–Trinajstić information content (AvgIpc) is 2.33. The predicted molar refractivity (Wildman–Crippen MR) is 76.4 cm³/mol. The molecule has 102 valence electrons. The van der Waals surface area contributed by atoms with Crippen molar-refractivity contribution in [1.29, 1.82) is 0 Å². The first-order chi connectivity index (χ1) is 8.40. The van der Waals surface area contributed by atoms with Crippen LogP contribution < -0.4 is 5.32 Å². The van der Waals surface area contributed by atoms with E-state index in [1.54, 1.807) is 7.11 Å². The van der Waals surface area contributed by atoms with E-state index in [-0.39, 0.29) is 17.5 Å². The molecule has 1 N–H and O–H groups in total. The molecule has 0 saturated carbocycles. The lowest BCUT2D eigenvalue weighted by Gasteiger charge is -2.34. The maximum Gasteiger partial charge on any atom is 0.137 e. The smallest absolute Gasteiger partial charge is 0.137 e. The van der Waals surface area contributed by atoms with E-state index in [0.717, 1.165) is 18.5 Å². The van der Waals surface area contributed by atoms with Gasteiger partial charge in [0.05, 0.1) is 10.1 Å². The van der Waals surface area contributed by atoms with Gasteiger partial charge in [0.2, 0.25) is 0 Å². The van der Waals surface area contributed by atoms with Crippen LogP contribution in [-0.2, 0) is 11.2 Å². The topological polar surface area (TPSA) is 21.3 Å². The number of methoxy groups -OCH3 is 1. The van der Waals surface area contributed by atoms with Gasteiger partial charge in [0.1, 0.15) is 5.82 Å². The fraction of sp³-hybridized carbons (Fsp3) is 0.571. The first kappa shape index (κ1) is 15.6. The van der Waals surface area contributed by atoms with Gasteiger partial charge in [0.25, 0.3) is 0 Å². The lowest BCUT2D eigenvalue weighted by Crippen LogP contribution is -2.49. The third-order valence-corrected chi connectivity index (χ3v) is 3.85. The van der Waals surface area contributed by atoms with Gasteiger partial charge < -0.3 is 10.1 Å². The minimum absolute atomic E-state index is 0.185. The van der Waals surface area contributed by atoms with Crippen molar-refractivity contribution in [2.75, 3.05) is 13.7 Å². The lowest BCUT2D eigenvalue weighted by atomic mass is 9.92. The molecule has 1 atom stereocenters. The van der Waals surface area contributed by atoms with Crippen molar-refractivity contribution in [3.63, 3.8) is 0 Å². The van der Waals surface area contributed by atoms with E-state index in [1.807, 2.05) is 12.1 Å². The normalized spacial score (nSPS) is 13.7. The molecule has 0 fully saturated rings. The number of likely N-dealkylation sites (N-methyl/N-ethyl adjacent to an activating group) is 1. The summed E-state index contributed by atoms with van der Waals surface area (Å²) in [6.45, 7) is 7.05. The van der Waals surface area contributed by atoms with Gasteiger partial charge in [0.15, 0.2) is 0 Å². The van der Waals surface area contributed by atoms with Crippen LogP contribution in [0.2, 0.25) is 0 Å². The summed E-state index contributed by atoms with van der Waals surface area (Å²) in [4.78, 5) is 0. The Kier molecular flexibility index (Phi) is 5.76. The van der Waals surface area contributed by atoms with Crippen molar-refractivity contribution in [2.45, 2.75) is 38.8 Å². The van der Waals surface area contributed by atoms with Gasteiger partial charge in [-0.25, -0.2) is 4.39 Å². The van der Waals surface area contributed by atoms with Crippen molar-refractivity contribution in [2.24, 2.45) is 0 Å². The first-order valence-electron chi connectivity index (χ1n) is 6.13. The molecule has 0 spiro atoms. The molecule has 0 aromatic heterocycles. The molecule has 0 heterocycles. The number of benzene rings is 1. The summed E-state index contributed by atoms with van der Waals surface area (Å²) < 4.78 is 19.2. The van der Waals surface area contributed by atoms with Crippen molar-refractivity contribution >= 4 is 15.9 Å². The highest BCUT2D eigenvalue weighted by Gasteiger charge is 2.28. The third kappa shape index (κ3) is 4.04. The Morgan fingerprint density at radius 1 is 1.44 bits per heavy atom. The molecule has 1 aromatic rings. The predicted octanol–water partition coefficient (Wildman–Crippen LogP) is 3.53. The fourth-order valence-corrected chi connectivity index (χ4v) is 2.28. The molecule has 0 aliphatic heterocycles. The summed E-state index contributed by atoms with van der Waals surface area (Å²) in [5.74, 6) is -0.232. The average molecular weight is 318 g/mol. The Bertz CT molecular complexity index is 395. The van der Waals surface area contributed by atoms with E-state index in [1.165, 1.54) is 6.07 Å². The van der Waals surface area contributed by atoms with Gasteiger partial charge in [-0.05, 0) is 60.4 Å². The molecule has 0 saturated heterocycles. The van der Waals surface area contributed by atoms with E-state index >= 15 is 0 Å². The molecule has 0 radical (unpaired) electrons. The summed E-state index contributed by atoms with van der Waals surface area (Å²) in [5.41, 5.74) is 0.816. The van der Waals surface area contributed by atoms with Crippen molar-refractivity contribution in [3.8, 4) is 0 Å². The number of hydrogen-bond acceptors (Lipinski definition) is 2. The summed E-state index contributed by atoms with van der Waals surface area (Å²) in [6.07, 6.45) is 0.799. The van der Waals surface area contributed by atoms with Gasteiger partial charge in [0, 0.05) is 13.2 Å². The van der Waals surface area contributed by atoms with Crippen LogP contribution >= 0.6 is 15.9 Å². The highest BCUT2D eigenvalue weighted by atomic mass is 79.9. The van der Waals surface area contributed by atoms with Crippen molar-refractivity contribution < 1.29 is 9.13 Å². The molecule has 2 nitrogen and oxygen atoms in total. The molecule has 1 aromatic carbocycles. The Labute approximate surface area is 117 Å². The van der Waals surface area contributed by atoms with Crippen LogP contribution in [0.5, 0.6) is 0 Å². The second-order valence-electron chi connectivity index (χ2n) is 4.87. The van der Waals surface area contributed by atoms with E-state index in [0.29, 0.717) is 4.47 Å². The second kappa shape index (κ2) is 6.64. The minimum atomic E-state index is -0.267. The summed E-state index contributed by atoms with van der Waals surface area (Å²) in [7, 11) is 1.71. The molecule has 18 heavy (non-hydrogen) atoms. The third-order valence-electron chi connectivity index (χ3n) is 3.24. The number of hydrogen-bond donors (Lipinski definition) is 1. The second-order valence-corrected chi connectivity index (χ2v) is 5.72. The highest BCUT2D eigenvalue weighted by molar-refractivity contribution is 9.10.